The maximum absolute atomic E-state index is 11.9. The fraction of sp³-hybridized carbons (Fsp3) is 0.130. The van der Waals surface area contributed by atoms with E-state index in [2.05, 4.69) is 13.8 Å². The van der Waals surface area contributed by atoms with Crippen molar-refractivity contribution >= 4 is 16.9 Å². The molecule has 0 unspecified atom stereocenters. The van der Waals surface area contributed by atoms with Gasteiger partial charge in [-0.1, -0.05) is 44.2 Å². The molecule has 1 aliphatic heterocycles. The van der Waals surface area contributed by atoms with Crippen molar-refractivity contribution in [3.63, 3.8) is 0 Å². The minimum absolute atomic E-state index is 0.150. The summed E-state index contributed by atoms with van der Waals surface area (Å²) in [5.41, 5.74) is 3.89. The second-order valence-electron chi connectivity index (χ2n) is 6.90. The van der Waals surface area contributed by atoms with Crippen LogP contribution in [0.25, 0.3) is 33.4 Å². The Bertz CT molecular complexity index is 1200. The quantitative estimate of drug-likeness (QED) is 0.499. The first kappa shape index (κ1) is 17.0. The van der Waals surface area contributed by atoms with E-state index in [0.717, 1.165) is 16.5 Å². The van der Waals surface area contributed by atoms with E-state index >= 15 is 0 Å². The number of hydrogen-bond acceptors (Lipinski definition) is 3. The van der Waals surface area contributed by atoms with Crippen LogP contribution in [0.3, 0.4) is 0 Å². The van der Waals surface area contributed by atoms with Gasteiger partial charge in [0.1, 0.15) is 11.3 Å². The first-order chi connectivity index (χ1) is 13.0. The van der Waals surface area contributed by atoms with Crippen LogP contribution < -0.4 is 5.43 Å². The molecule has 1 N–H and O–H groups in total. The maximum Gasteiger partial charge on any atom is 0.336 e. The van der Waals surface area contributed by atoms with E-state index in [1.807, 2.05) is 24.3 Å². The summed E-state index contributed by atoms with van der Waals surface area (Å²) < 4.78 is 6.03. The fourth-order valence-electron chi connectivity index (χ4n) is 3.42. The minimum Gasteiger partial charge on any atom is -0.478 e. The van der Waals surface area contributed by atoms with Crippen molar-refractivity contribution in [2.45, 2.75) is 19.8 Å². The normalized spacial score (nSPS) is 11.4. The standard InChI is InChI=1S/C23H18O4/c1-13(2)14-7-9-18-20(11-14)27-21-12-15(24)8-10-19(21)22(18)16-5-3-4-6-17(16)23(25)26/h3-13H,1-2H3,(H,25,26). The van der Waals surface area contributed by atoms with Gasteiger partial charge in [-0.3, -0.25) is 4.79 Å². The molecule has 1 heterocycles. The van der Waals surface area contributed by atoms with Gasteiger partial charge in [0.25, 0.3) is 0 Å². The first-order valence-electron chi connectivity index (χ1n) is 8.79. The summed E-state index contributed by atoms with van der Waals surface area (Å²) in [5.74, 6) is -0.223. The van der Waals surface area contributed by atoms with Gasteiger partial charge in [0.05, 0.1) is 5.56 Å². The number of carbonyl (C=O) groups is 1. The lowest BCUT2D eigenvalue weighted by atomic mass is 9.90. The van der Waals surface area contributed by atoms with E-state index in [-0.39, 0.29) is 11.0 Å². The van der Waals surface area contributed by atoms with E-state index < -0.39 is 5.97 Å². The van der Waals surface area contributed by atoms with Gasteiger partial charge in [-0.15, -0.1) is 0 Å². The summed E-state index contributed by atoms with van der Waals surface area (Å²) in [6.07, 6.45) is 0. The first-order valence-corrected chi connectivity index (χ1v) is 8.79. The zero-order valence-corrected chi connectivity index (χ0v) is 15.0. The number of rotatable bonds is 3. The SMILES string of the molecule is CC(C)c1ccc2c(-c3ccccc3C(=O)O)c3ccc(=O)cc-3oc2c1. The lowest BCUT2D eigenvalue weighted by Gasteiger charge is -2.17. The van der Waals surface area contributed by atoms with Crippen molar-refractivity contribution in [1.29, 1.82) is 0 Å². The highest BCUT2D eigenvalue weighted by Crippen LogP contribution is 2.41. The van der Waals surface area contributed by atoms with Crippen LogP contribution in [0.15, 0.2) is 69.9 Å². The van der Waals surface area contributed by atoms with Gasteiger partial charge in [-0.25, -0.2) is 4.79 Å². The van der Waals surface area contributed by atoms with E-state index in [4.69, 9.17) is 4.42 Å². The fourth-order valence-corrected chi connectivity index (χ4v) is 3.42. The highest BCUT2D eigenvalue weighted by atomic mass is 16.4. The average molecular weight is 358 g/mol. The minimum atomic E-state index is -0.994. The summed E-state index contributed by atoms with van der Waals surface area (Å²) in [4.78, 5) is 23.7. The molecule has 2 aromatic carbocycles. The molecule has 0 spiro atoms. The molecular weight excluding hydrogens is 340 g/mol. The molecule has 2 aliphatic rings. The highest BCUT2D eigenvalue weighted by Gasteiger charge is 2.21. The molecule has 0 bridgehead atoms. The topological polar surface area (TPSA) is 67.5 Å². The molecule has 0 amide bonds. The van der Waals surface area contributed by atoms with Crippen molar-refractivity contribution in [3.8, 4) is 22.5 Å². The van der Waals surface area contributed by atoms with Gasteiger partial charge in [0.2, 0.25) is 0 Å². The molecule has 0 fully saturated rings. The van der Waals surface area contributed by atoms with Crippen LogP contribution in [-0.2, 0) is 0 Å². The molecule has 0 saturated carbocycles. The summed E-state index contributed by atoms with van der Waals surface area (Å²) >= 11 is 0. The summed E-state index contributed by atoms with van der Waals surface area (Å²) in [5, 5.41) is 10.5. The molecule has 2 aromatic rings. The van der Waals surface area contributed by atoms with Crippen LogP contribution in [0.5, 0.6) is 0 Å². The Morgan fingerprint density at radius 3 is 2.48 bits per heavy atom. The lowest BCUT2D eigenvalue weighted by molar-refractivity contribution is 0.0697. The van der Waals surface area contributed by atoms with Crippen LogP contribution in [0.4, 0.5) is 0 Å². The third-order valence-electron chi connectivity index (χ3n) is 4.81. The van der Waals surface area contributed by atoms with Crippen LogP contribution in [0, 0.1) is 0 Å². The zero-order chi connectivity index (χ0) is 19.1. The molecule has 27 heavy (non-hydrogen) atoms. The van der Waals surface area contributed by atoms with E-state index in [0.29, 0.717) is 28.4 Å². The summed E-state index contributed by atoms with van der Waals surface area (Å²) in [6, 6.07) is 17.5. The number of carboxylic acid groups (broad SMARTS) is 1. The second-order valence-corrected chi connectivity index (χ2v) is 6.90. The third kappa shape index (κ3) is 2.89. The summed E-state index contributed by atoms with van der Waals surface area (Å²) in [7, 11) is 0. The number of aromatic carboxylic acids is 1. The van der Waals surface area contributed by atoms with Gasteiger partial charge >= 0.3 is 5.97 Å². The number of hydrogen-bond donors (Lipinski definition) is 1. The molecule has 4 rings (SSSR count). The molecular formula is C23H18O4. The third-order valence-corrected chi connectivity index (χ3v) is 4.81. The van der Waals surface area contributed by atoms with Gasteiger partial charge in [0.15, 0.2) is 5.43 Å². The van der Waals surface area contributed by atoms with E-state index in [1.165, 1.54) is 12.1 Å². The van der Waals surface area contributed by atoms with Crippen molar-refractivity contribution in [2.75, 3.05) is 0 Å². The van der Waals surface area contributed by atoms with Crippen molar-refractivity contribution < 1.29 is 14.3 Å². The Kier molecular flexibility index (Phi) is 4.04. The zero-order valence-electron chi connectivity index (χ0n) is 15.0. The largest absolute Gasteiger partial charge is 0.478 e. The van der Waals surface area contributed by atoms with E-state index in [1.54, 1.807) is 24.3 Å². The van der Waals surface area contributed by atoms with Gasteiger partial charge in [-0.2, -0.15) is 0 Å². The average Bonchev–Trinajstić information content (AvgIpc) is 2.65. The Balaban J connectivity index is 2.18. The molecule has 0 atom stereocenters. The molecule has 4 nitrogen and oxygen atoms in total. The molecule has 0 radical (unpaired) electrons. The number of fused-ring (bicyclic) bond motifs is 2. The molecule has 0 saturated heterocycles. The lowest BCUT2D eigenvalue weighted by Crippen LogP contribution is -2.03. The van der Waals surface area contributed by atoms with Crippen LogP contribution >= 0.6 is 0 Å². The highest BCUT2D eigenvalue weighted by molar-refractivity contribution is 6.07. The summed E-state index contributed by atoms with van der Waals surface area (Å²) in [6.45, 7) is 4.19. The molecule has 134 valence electrons. The van der Waals surface area contributed by atoms with Crippen LogP contribution in [0.1, 0.15) is 35.7 Å². The van der Waals surface area contributed by atoms with Crippen molar-refractivity contribution in [2.24, 2.45) is 0 Å². The van der Waals surface area contributed by atoms with Crippen molar-refractivity contribution in [1.82, 2.24) is 0 Å². The van der Waals surface area contributed by atoms with Gasteiger partial charge < -0.3 is 9.52 Å². The van der Waals surface area contributed by atoms with Crippen LogP contribution in [0.2, 0.25) is 0 Å². The molecule has 0 aromatic heterocycles. The van der Waals surface area contributed by atoms with E-state index in [9.17, 15) is 14.7 Å². The number of carboxylic acids is 1. The maximum atomic E-state index is 11.9. The Morgan fingerprint density at radius 1 is 0.963 bits per heavy atom. The smallest absolute Gasteiger partial charge is 0.336 e. The second kappa shape index (κ2) is 6.40. The van der Waals surface area contributed by atoms with Gasteiger partial charge in [0, 0.05) is 22.6 Å². The van der Waals surface area contributed by atoms with Crippen LogP contribution in [-0.4, -0.2) is 11.1 Å². The Morgan fingerprint density at radius 2 is 1.74 bits per heavy atom. The monoisotopic (exact) mass is 358 g/mol. The Hall–Kier alpha value is -3.40. The molecule has 1 aliphatic carbocycles. The number of benzene rings is 3. The molecule has 4 heteroatoms. The van der Waals surface area contributed by atoms with Crippen molar-refractivity contribution in [3.05, 3.63) is 82.0 Å². The predicted octanol–water partition coefficient (Wildman–Crippen LogP) is 5.39. The van der Waals surface area contributed by atoms with Gasteiger partial charge in [-0.05, 0) is 41.3 Å². The Labute approximate surface area is 156 Å². The predicted molar refractivity (Wildman–Crippen MR) is 106 cm³/mol.